The summed E-state index contributed by atoms with van der Waals surface area (Å²) in [6.45, 7) is 2.12. The van der Waals surface area contributed by atoms with E-state index in [1.165, 1.54) is 11.2 Å². The molecule has 88 valence electrons. The molecule has 0 saturated heterocycles. The Bertz CT molecular complexity index is 497. The number of esters is 1. The molecule has 0 aliphatic rings. The van der Waals surface area contributed by atoms with Gasteiger partial charge in [-0.2, -0.15) is 0 Å². The number of thiophene rings is 1. The number of aromatic nitrogens is 2. The minimum atomic E-state index is -0.401. The smallest absolute Gasteiger partial charge is 0.357 e. The van der Waals surface area contributed by atoms with E-state index in [0.29, 0.717) is 18.7 Å². The van der Waals surface area contributed by atoms with Gasteiger partial charge in [-0.15, -0.1) is 11.3 Å². The lowest BCUT2D eigenvalue weighted by Crippen LogP contribution is -2.08. The lowest BCUT2D eigenvalue weighted by atomic mass is 10.2. The summed E-state index contributed by atoms with van der Waals surface area (Å²) >= 11 is 1.67. The van der Waals surface area contributed by atoms with Gasteiger partial charge in [-0.25, -0.2) is 14.8 Å². The molecule has 0 aliphatic carbocycles. The molecular formula is C12H12N2O2S. The van der Waals surface area contributed by atoms with Crippen molar-refractivity contribution in [1.29, 1.82) is 0 Å². The van der Waals surface area contributed by atoms with Crippen molar-refractivity contribution in [3.05, 3.63) is 46.2 Å². The third-order valence-electron chi connectivity index (χ3n) is 2.14. The van der Waals surface area contributed by atoms with Gasteiger partial charge in [-0.1, -0.05) is 6.07 Å². The summed E-state index contributed by atoms with van der Waals surface area (Å²) in [4.78, 5) is 20.7. The quantitative estimate of drug-likeness (QED) is 0.779. The van der Waals surface area contributed by atoms with Crippen molar-refractivity contribution in [2.24, 2.45) is 0 Å². The highest BCUT2D eigenvalue weighted by Gasteiger charge is 2.09. The summed E-state index contributed by atoms with van der Waals surface area (Å²) in [6.07, 6.45) is 2.11. The maximum atomic E-state index is 11.5. The number of hydrogen-bond donors (Lipinski definition) is 0. The highest BCUT2D eigenvalue weighted by atomic mass is 32.1. The van der Waals surface area contributed by atoms with Crippen LogP contribution in [0.2, 0.25) is 0 Å². The summed E-state index contributed by atoms with van der Waals surface area (Å²) in [7, 11) is 0. The van der Waals surface area contributed by atoms with E-state index in [0.717, 1.165) is 5.69 Å². The van der Waals surface area contributed by atoms with E-state index >= 15 is 0 Å². The summed E-state index contributed by atoms with van der Waals surface area (Å²) in [5.41, 5.74) is 1.14. The Morgan fingerprint density at radius 3 is 3.06 bits per heavy atom. The summed E-state index contributed by atoms with van der Waals surface area (Å²) < 4.78 is 4.89. The molecule has 2 heterocycles. The predicted molar refractivity (Wildman–Crippen MR) is 65.1 cm³/mol. The van der Waals surface area contributed by atoms with Crippen LogP contribution in [0, 0.1) is 0 Å². The molecule has 5 heteroatoms. The maximum absolute atomic E-state index is 11.5. The number of rotatable bonds is 4. The fraction of sp³-hybridized carbons (Fsp3) is 0.250. The molecule has 2 aromatic heterocycles. The van der Waals surface area contributed by atoms with Crippen LogP contribution >= 0.6 is 11.3 Å². The Kier molecular flexibility index (Phi) is 3.82. The first kappa shape index (κ1) is 11.7. The van der Waals surface area contributed by atoms with Crippen molar-refractivity contribution in [2.45, 2.75) is 13.3 Å². The molecule has 2 aromatic rings. The third-order valence-corrected chi connectivity index (χ3v) is 3.02. The topological polar surface area (TPSA) is 52.1 Å². The van der Waals surface area contributed by atoms with E-state index in [-0.39, 0.29) is 0 Å². The first-order valence-electron chi connectivity index (χ1n) is 5.30. The highest BCUT2D eigenvalue weighted by Crippen LogP contribution is 2.13. The lowest BCUT2D eigenvalue weighted by molar-refractivity contribution is 0.0519. The first-order valence-corrected chi connectivity index (χ1v) is 6.18. The molecule has 0 N–H and O–H groups in total. The van der Waals surface area contributed by atoms with Gasteiger partial charge in [0.25, 0.3) is 0 Å². The zero-order valence-corrected chi connectivity index (χ0v) is 10.2. The number of ether oxygens (including phenoxy) is 1. The van der Waals surface area contributed by atoms with Crippen LogP contribution in [-0.4, -0.2) is 22.5 Å². The SMILES string of the molecule is CCOC(=O)c1cc(Cc2cccs2)ncn1. The zero-order valence-electron chi connectivity index (χ0n) is 9.42. The van der Waals surface area contributed by atoms with Crippen molar-refractivity contribution < 1.29 is 9.53 Å². The number of hydrogen-bond acceptors (Lipinski definition) is 5. The first-order chi connectivity index (χ1) is 8.29. The Balaban J connectivity index is 2.14. The summed E-state index contributed by atoms with van der Waals surface area (Å²) in [6, 6.07) is 5.71. The second-order valence-electron chi connectivity index (χ2n) is 3.37. The third kappa shape index (κ3) is 3.10. The fourth-order valence-electron chi connectivity index (χ4n) is 1.40. The second kappa shape index (κ2) is 5.54. The normalized spacial score (nSPS) is 10.2. The predicted octanol–water partition coefficient (Wildman–Crippen LogP) is 2.31. The molecular weight excluding hydrogens is 236 g/mol. The van der Waals surface area contributed by atoms with E-state index < -0.39 is 5.97 Å². The van der Waals surface area contributed by atoms with Gasteiger partial charge >= 0.3 is 5.97 Å². The van der Waals surface area contributed by atoms with Crippen molar-refractivity contribution in [2.75, 3.05) is 6.61 Å². The van der Waals surface area contributed by atoms with Crippen LogP contribution in [0.5, 0.6) is 0 Å². The molecule has 0 spiro atoms. The van der Waals surface area contributed by atoms with Crippen molar-refractivity contribution in [3.8, 4) is 0 Å². The van der Waals surface area contributed by atoms with Gasteiger partial charge in [0.15, 0.2) is 5.69 Å². The second-order valence-corrected chi connectivity index (χ2v) is 4.40. The average molecular weight is 248 g/mol. The Morgan fingerprint density at radius 2 is 2.35 bits per heavy atom. The monoisotopic (exact) mass is 248 g/mol. The maximum Gasteiger partial charge on any atom is 0.357 e. The number of nitrogens with zero attached hydrogens (tertiary/aromatic N) is 2. The van der Waals surface area contributed by atoms with Crippen LogP contribution < -0.4 is 0 Å². The van der Waals surface area contributed by atoms with Crippen molar-refractivity contribution >= 4 is 17.3 Å². The standard InChI is InChI=1S/C12H12N2O2S/c1-2-16-12(15)11-7-9(13-8-14-11)6-10-4-3-5-17-10/h3-5,7-8H,2,6H2,1H3. The molecule has 0 atom stereocenters. The Labute approximate surface area is 103 Å². The highest BCUT2D eigenvalue weighted by molar-refractivity contribution is 7.09. The fourth-order valence-corrected chi connectivity index (χ4v) is 2.12. The molecule has 0 saturated carbocycles. The minimum absolute atomic E-state index is 0.313. The van der Waals surface area contributed by atoms with Crippen LogP contribution in [0.4, 0.5) is 0 Å². The Hall–Kier alpha value is -1.75. The van der Waals surface area contributed by atoms with Crippen LogP contribution in [0.3, 0.4) is 0 Å². The lowest BCUT2D eigenvalue weighted by Gasteiger charge is -2.02. The molecule has 0 amide bonds. The van der Waals surface area contributed by atoms with Gasteiger partial charge in [-0.05, 0) is 24.4 Å². The molecule has 0 bridgehead atoms. The number of carbonyl (C=O) groups excluding carboxylic acids is 1. The summed E-state index contributed by atoms with van der Waals surface area (Å²) in [5, 5.41) is 2.02. The minimum Gasteiger partial charge on any atom is -0.461 e. The van der Waals surface area contributed by atoms with E-state index in [4.69, 9.17) is 4.74 Å². The summed E-state index contributed by atoms with van der Waals surface area (Å²) in [5.74, 6) is -0.401. The van der Waals surface area contributed by atoms with Crippen LogP contribution in [0.1, 0.15) is 28.0 Å². The van der Waals surface area contributed by atoms with E-state index in [1.54, 1.807) is 24.3 Å². The van der Waals surface area contributed by atoms with Crippen molar-refractivity contribution in [3.63, 3.8) is 0 Å². The number of carbonyl (C=O) groups is 1. The molecule has 4 nitrogen and oxygen atoms in total. The van der Waals surface area contributed by atoms with Gasteiger partial charge in [0.1, 0.15) is 6.33 Å². The average Bonchev–Trinajstić information content (AvgIpc) is 2.82. The molecule has 0 radical (unpaired) electrons. The molecule has 0 unspecified atom stereocenters. The van der Waals surface area contributed by atoms with Gasteiger partial charge in [0.2, 0.25) is 0 Å². The zero-order chi connectivity index (χ0) is 12.1. The molecule has 0 aromatic carbocycles. The van der Waals surface area contributed by atoms with Gasteiger partial charge in [0.05, 0.1) is 6.61 Å². The molecule has 2 rings (SSSR count). The van der Waals surface area contributed by atoms with Crippen LogP contribution in [0.25, 0.3) is 0 Å². The van der Waals surface area contributed by atoms with Crippen molar-refractivity contribution in [1.82, 2.24) is 9.97 Å². The van der Waals surface area contributed by atoms with Gasteiger partial charge in [0, 0.05) is 17.0 Å². The molecule has 0 aliphatic heterocycles. The van der Waals surface area contributed by atoms with E-state index in [1.807, 2.05) is 17.5 Å². The van der Waals surface area contributed by atoms with Gasteiger partial charge < -0.3 is 4.74 Å². The molecule has 0 fully saturated rings. The van der Waals surface area contributed by atoms with E-state index in [9.17, 15) is 4.79 Å². The van der Waals surface area contributed by atoms with E-state index in [2.05, 4.69) is 9.97 Å². The largest absolute Gasteiger partial charge is 0.461 e. The van der Waals surface area contributed by atoms with Gasteiger partial charge in [-0.3, -0.25) is 0 Å². The van der Waals surface area contributed by atoms with Crippen LogP contribution in [0.15, 0.2) is 29.9 Å². The molecule has 17 heavy (non-hydrogen) atoms. The Morgan fingerprint density at radius 1 is 1.47 bits per heavy atom. The van der Waals surface area contributed by atoms with Crippen LogP contribution in [-0.2, 0) is 11.2 Å².